The van der Waals surface area contributed by atoms with E-state index >= 15 is 0 Å². The molecule has 1 aromatic heterocycles. The van der Waals surface area contributed by atoms with Gasteiger partial charge in [-0.3, -0.25) is 0 Å². The fraction of sp³-hybridized carbons (Fsp3) is 0.286. The van der Waals surface area contributed by atoms with Gasteiger partial charge in [0.25, 0.3) is 0 Å². The Morgan fingerprint density at radius 1 is 1.29 bits per heavy atom. The Morgan fingerprint density at radius 2 is 2.12 bits per heavy atom. The number of nitrogens with one attached hydrogen (secondary N) is 1. The molecule has 90 valence electrons. The van der Waals surface area contributed by atoms with E-state index in [1.807, 2.05) is 25.1 Å². The van der Waals surface area contributed by atoms with E-state index in [-0.39, 0.29) is 11.9 Å². The van der Waals surface area contributed by atoms with Crippen LogP contribution in [0.2, 0.25) is 0 Å². The molecule has 0 spiro atoms. The van der Waals surface area contributed by atoms with Crippen molar-refractivity contribution >= 4 is 0 Å². The average molecular weight is 233 g/mol. The topological polar surface area (TPSA) is 25.2 Å². The molecule has 0 bridgehead atoms. The Balaban J connectivity index is 2.20. The van der Waals surface area contributed by atoms with Gasteiger partial charge in [0.2, 0.25) is 0 Å². The van der Waals surface area contributed by atoms with Crippen LogP contribution in [0.15, 0.2) is 47.3 Å². The van der Waals surface area contributed by atoms with E-state index in [1.54, 1.807) is 18.6 Å². The SMILES string of the molecule is CCNC(Cc1ccoc1)c1ccccc1F. The van der Waals surface area contributed by atoms with E-state index in [0.717, 1.165) is 18.5 Å². The predicted octanol–water partition coefficient (Wildman–Crippen LogP) is 3.31. The van der Waals surface area contributed by atoms with Gasteiger partial charge in [-0.05, 0) is 30.7 Å². The van der Waals surface area contributed by atoms with Gasteiger partial charge in [-0.15, -0.1) is 0 Å². The summed E-state index contributed by atoms with van der Waals surface area (Å²) in [6, 6.07) is 8.78. The highest BCUT2D eigenvalue weighted by Gasteiger charge is 2.15. The Hall–Kier alpha value is -1.61. The Bertz CT molecular complexity index is 453. The molecule has 0 fully saturated rings. The van der Waals surface area contributed by atoms with Crippen LogP contribution in [0.5, 0.6) is 0 Å². The molecular weight excluding hydrogens is 217 g/mol. The van der Waals surface area contributed by atoms with Gasteiger partial charge in [-0.25, -0.2) is 4.39 Å². The molecule has 0 radical (unpaired) electrons. The van der Waals surface area contributed by atoms with Crippen molar-refractivity contribution in [3.8, 4) is 0 Å². The fourth-order valence-corrected chi connectivity index (χ4v) is 1.94. The first-order valence-corrected chi connectivity index (χ1v) is 5.80. The normalized spacial score (nSPS) is 12.6. The lowest BCUT2D eigenvalue weighted by Crippen LogP contribution is -2.23. The van der Waals surface area contributed by atoms with E-state index in [0.29, 0.717) is 5.56 Å². The van der Waals surface area contributed by atoms with Gasteiger partial charge in [0.1, 0.15) is 5.82 Å². The van der Waals surface area contributed by atoms with Crippen molar-refractivity contribution < 1.29 is 8.81 Å². The maximum absolute atomic E-state index is 13.7. The predicted molar refractivity (Wildman–Crippen MR) is 65.2 cm³/mol. The number of furan rings is 1. The van der Waals surface area contributed by atoms with E-state index in [2.05, 4.69) is 5.32 Å². The van der Waals surface area contributed by atoms with Gasteiger partial charge in [-0.2, -0.15) is 0 Å². The van der Waals surface area contributed by atoms with Gasteiger partial charge >= 0.3 is 0 Å². The third-order valence-corrected chi connectivity index (χ3v) is 2.75. The molecule has 1 N–H and O–H groups in total. The van der Waals surface area contributed by atoms with Crippen LogP contribution in [0, 0.1) is 5.82 Å². The summed E-state index contributed by atoms with van der Waals surface area (Å²) in [5.74, 6) is -0.165. The molecule has 0 aliphatic heterocycles. The smallest absolute Gasteiger partial charge is 0.127 e. The molecule has 2 nitrogen and oxygen atoms in total. The van der Waals surface area contributed by atoms with Crippen molar-refractivity contribution in [2.75, 3.05) is 6.54 Å². The number of likely N-dealkylation sites (N-methyl/N-ethyl adjacent to an activating group) is 1. The summed E-state index contributed by atoms with van der Waals surface area (Å²) in [4.78, 5) is 0. The Kier molecular flexibility index (Phi) is 3.94. The summed E-state index contributed by atoms with van der Waals surface area (Å²) in [5.41, 5.74) is 1.77. The Morgan fingerprint density at radius 3 is 2.76 bits per heavy atom. The molecule has 1 atom stereocenters. The highest BCUT2D eigenvalue weighted by atomic mass is 19.1. The summed E-state index contributed by atoms with van der Waals surface area (Å²) < 4.78 is 18.8. The molecular formula is C14H16FNO. The summed E-state index contributed by atoms with van der Waals surface area (Å²) in [7, 11) is 0. The lowest BCUT2D eigenvalue weighted by molar-refractivity contribution is 0.505. The summed E-state index contributed by atoms with van der Waals surface area (Å²) in [6.07, 6.45) is 4.07. The highest BCUT2D eigenvalue weighted by Crippen LogP contribution is 2.21. The van der Waals surface area contributed by atoms with Crippen LogP contribution in [0.25, 0.3) is 0 Å². The van der Waals surface area contributed by atoms with Gasteiger partial charge < -0.3 is 9.73 Å². The molecule has 3 heteroatoms. The quantitative estimate of drug-likeness (QED) is 0.857. The molecule has 0 aliphatic carbocycles. The molecule has 0 saturated heterocycles. The summed E-state index contributed by atoms with van der Waals surface area (Å²) in [6.45, 7) is 2.82. The molecule has 0 saturated carbocycles. The molecule has 1 unspecified atom stereocenters. The van der Waals surface area contributed by atoms with Crippen LogP contribution in [0.1, 0.15) is 24.1 Å². The second kappa shape index (κ2) is 5.64. The second-order valence-corrected chi connectivity index (χ2v) is 3.97. The highest BCUT2D eigenvalue weighted by molar-refractivity contribution is 5.23. The summed E-state index contributed by atoms with van der Waals surface area (Å²) >= 11 is 0. The zero-order chi connectivity index (χ0) is 12.1. The van der Waals surface area contributed by atoms with Crippen LogP contribution in [-0.2, 0) is 6.42 Å². The Labute approximate surface area is 100 Å². The van der Waals surface area contributed by atoms with E-state index in [4.69, 9.17) is 4.42 Å². The monoisotopic (exact) mass is 233 g/mol. The van der Waals surface area contributed by atoms with Crippen molar-refractivity contribution in [1.82, 2.24) is 5.32 Å². The van der Waals surface area contributed by atoms with Crippen LogP contribution in [0.4, 0.5) is 4.39 Å². The molecule has 1 aromatic carbocycles. The number of hydrogen-bond acceptors (Lipinski definition) is 2. The van der Waals surface area contributed by atoms with E-state index in [9.17, 15) is 4.39 Å². The molecule has 2 aromatic rings. The van der Waals surface area contributed by atoms with E-state index in [1.165, 1.54) is 6.07 Å². The van der Waals surface area contributed by atoms with Crippen molar-refractivity contribution in [1.29, 1.82) is 0 Å². The van der Waals surface area contributed by atoms with Gasteiger partial charge in [0.15, 0.2) is 0 Å². The minimum absolute atomic E-state index is 0.0150. The first-order chi connectivity index (χ1) is 8.31. The average Bonchev–Trinajstić information content (AvgIpc) is 2.82. The second-order valence-electron chi connectivity index (χ2n) is 3.97. The first-order valence-electron chi connectivity index (χ1n) is 5.80. The van der Waals surface area contributed by atoms with Crippen molar-refractivity contribution in [3.63, 3.8) is 0 Å². The lowest BCUT2D eigenvalue weighted by atomic mass is 10.00. The van der Waals surface area contributed by atoms with E-state index < -0.39 is 0 Å². The van der Waals surface area contributed by atoms with Gasteiger partial charge in [-0.1, -0.05) is 25.1 Å². The number of halogens is 1. The molecule has 0 amide bonds. The molecule has 2 rings (SSSR count). The summed E-state index contributed by atoms with van der Waals surface area (Å²) in [5, 5.41) is 3.30. The number of rotatable bonds is 5. The largest absolute Gasteiger partial charge is 0.472 e. The number of benzene rings is 1. The standard InChI is InChI=1S/C14H16FNO/c1-2-16-14(9-11-7-8-17-10-11)12-5-3-4-6-13(12)15/h3-8,10,14,16H,2,9H2,1H3. The number of hydrogen-bond donors (Lipinski definition) is 1. The van der Waals surface area contributed by atoms with Crippen molar-refractivity contribution in [2.45, 2.75) is 19.4 Å². The van der Waals surface area contributed by atoms with Crippen LogP contribution in [-0.4, -0.2) is 6.54 Å². The van der Waals surface area contributed by atoms with Gasteiger partial charge in [0.05, 0.1) is 12.5 Å². The third kappa shape index (κ3) is 2.94. The first kappa shape index (κ1) is 11.9. The van der Waals surface area contributed by atoms with Crippen LogP contribution >= 0.6 is 0 Å². The zero-order valence-electron chi connectivity index (χ0n) is 9.82. The zero-order valence-corrected chi connectivity index (χ0v) is 9.82. The maximum atomic E-state index is 13.7. The van der Waals surface area contributed by atoms with Crippen molar-refractivity contribution in [3.05, 3.63) is 59.8 Å². The molecule has 0 aliphatic rings. The maximum Gasteiger partial charge on any atom is 0.127 e. The fourth-order valence-electron chi connectivity index (χ4n) is 1.94. The van der Waals surface area contributed by atoms with Crippen LogP contribution < -0.4 is 5.32 Å². The molecule has 17 heavy (non-hydrogen) atoms. The third-order valence-electron chi connectivity index (χ3n) is 2.75. The van der Waals surface area contributed by atoms with Gasteiger partial charge in [0, 0.05) is 11.6 Å². The van der Waals surface area contributed by atoms with Crippen LogP contribution in [0.3, 0.4) is 0 Å². The minimum atomic E-state index is -0.165. The molecule has 1 heterocycles. The minimum Gasteiger partial charge on any atom is -0.472 e. The lowest BCUT2D eigenvalue weighted by Gasteiger charge is -2.18. The van der Waals surface area contributed by atoms with Crippen molar-refractivity contribution in [2.24, 2.45) is 0 Å².